The minimum Gasteiger partial charge on any atom is -0.302 e. The van der Waals surface area contributed by atoms with Crippen molar-refractivity contribution in [3.63, 3.8) is 0 Å². The fourth-order valence-electron chi connectivity index (χ4n) is 1.77. The predicted molar refractivity (Wildman–Crippen MR) is 92.6 cm³/mol. The summed E-state index contributed by atoms with van der Waals surface area (Å²) in [5.74, 6) is -0.613. The van der Waals surface area contributed by atoms with Crippen LogP contribution < -0.4 is 10.2 Å². The summed E-state index contributed by atoms with van der Waals surface area (Å²) in [4.78, 5) is 10.9. The standard InChI is InChI=1S/C17H16N2O3S/c20-17(18-21)10-9-15-7-4-8-16(13-15)19-23(22)12-11-14-5-2-1-3-6-14/h1-13,19,21H,(H,18,20)/b10-9+,12-11+. The molecule has 0 radical (unpaired) electrons. The molecule has 2 aromatic carbocycles. The molecule has 6 heteroatoms. The maximum Gasteiger partial charge on any atom is 0.267 e. The molecule has 0 heterocycles. The van der Waals surface area contributed by atoms with Gasteiger partial charge in [0.1, 0.15) is 11.0 Å². The van der Waals surface area contributed by atoms with E-state index in [9.17, 15) is 9.00 Å². The Balaban J connectivity index is 2.00. The smallest absolute Gasteiger partial charge is 0.267 e. The van der Waals surface area contributed by atoms with E-state index in [2.05, 4.69) is 4.72 Å². The largest absolute Gasteiger partial charge is 0.302 e. The summed E-state index contributed by atoms with van der Waals surface area (Å²) < 4.78 is 14.9. The van der Waals surface area contributed by atoms with Crippen molar-refractivity contribution in [2.45, 2.75) is 0 Å². The highest BCUT2D eigenvalue weighted by molar-refractivity contribution is 7.89. The summed E-state index contributed by atoms with van der Waals surface area (Å²) in [5, 5.41) is 9.99. The van der Waals surface area contributed by atoms with E-state index in [1.54, 1.807) is 41.8 Å². The van der Waals surface area contributed by atoms with Gasteiger partial charge in [0.25, 0.3) is 5.91 Å². The second-order valence-electron chi connectivity index (χ2n) is 4.55. The van der Waals surface area contributed by atoms with Crippen molar-refractivity contribution in [3.05, 3.63) is 77.2 Å². The molecule has 0 saturated heterocycles. The molecule has 0 fully saturated rings. The van der Waals surface area contributed by atoms with Crippen LogP contribution in [0.5, 0.6) is 0 Å². The molecule has 1 unspecified atom stereocenters. The second kappa shape index (κ2) is 8.67. The predicted octanol–water partition coefficient (Wildman–Crippen LogP) is 2.95. The fourth-order valence-corrected chi connectivity index (χ4v) is 2.48. The molecule has 3 N–H and O–H groups in total. The molecule has 0 saturated carbocycles. The SMILES string of the molecule is O=C(/C=C/c1cccc(NS(=O)/C=C/c2ccccc2)c1)NO. The molecule has 1 amide bonds. The number of carbonyl (C=O) groups is 1. The number of rotatable bonds is 6. The van der Waals surface area contributed by atoms with Crippen molar-refractivity contribution >= 4 is 34.7 Å². The molecule has 0 bridgehead atoms. The number of hydrogen-bond acceptors (Lipinski definition) is 3. The van der Waals surface area contributed by atoms with Gasteiger partial charge in [0.2, 0.25) is 0 Å². The number of carbonyl (C=O) groups excluding carboxylic acids is 1. The Labute approximate surface area is 136 Å². The first-order valence-corrected chi connectivity index (χ1v) is 8.01. The van der Waals surface area contributed by atoms with Gasteiger partial charge in [-0.3, -0.25) is 10.0 Å². The first-order chi connectivity index (χ1) is 11.2. The lowest BCUT2D eigenvalue weighted by molar-refractivity contribution is -0.124. The Hall–Kier alpha value is -2.70. The van der Waals surface area contributed by atoms with Crippen molar-refractivity contribution in [3.8, 4) is 0 Å². The molecule has 1 atom stereocenters. The number of benzene rings is 2. The van der Waals surface area contributed by atoms with Gasteiger partial charge < -0.3 is 4.72 Å². The molecule has 0 aromatic heterocycles. The molecule has 118 valence electrons. The first-order valence-electron chi connectivity index (χ1n) is 6.80. The first kappa shape index (κ1) is 16.7. The van der Waals surface area contributed by atoms with E-state index >= 15 is 0 Å². The molecule has 2 rings (SSSR count). The molecule has 0 aliphatic rings. The maximum atomic E-state index is 12.0. The third-order valence-corrected chi connectivity index (χ3v) is 3.65. The molecule has 0 aliphatic carbocycles. The summed E-state index contributed by atoms with van der Waals surface area (Å²) in [6.07, 6.45) is 4.52. The van der Waals surface area contributed by atoms with E-state index in [0.29, 0.717) is 5.69 Å². The number of hydroxylamine groups is 1. The van der Waals surface area contributed by atoms with Crippen molar-refractivity contribution in [1.29, 1.82) is 0 Å². The van der Waals surface area contributed by atoms with Crippen molar-refractivity contribution in [2.75, 3.05) is 4.72 Å². The third kappa shape index (κ3) is 5.90. The molecule has 2 aromatic rings. The quantitative estimate of drug-likeness (QED) is 0.433. The minimum atomic E-state index is -1.37. The summed E-state index contributed by atoms with van der Waals surface area (Å²) >= 11 is 0. The van der Waals surface area contributed by atoms with Crippen LogP contribution in [0, 0.1) is 0 Å². The summed E-state index contributed by atoms with van der Waals surface area (Å²) in [5.41, 5.74) is 3.88. The Morgan fingerprint density at radius 3 is 2.48 bits per heavy atom. The Morgan fingerprint density at radius 1 is 1.00 bits per heavy atom. The van der Waals surface area contributed by atoms with Gasteiger partial charge in [-0.2, -0.15) is 0 Å². The normalized spacial score (nSPS) is 12.4. The average Bonchev–Trinajstić information content (AvgIpc) is 2.59. The van der Waals surface area contributed by atoms with E-state index in [0.717, 1.165) is 11.1 Å². The van der Waals surface area contributed by atoms with E-state index in [4.69, 9.17) is 5.21 Å². The van der Waals surface area contributed by atoms with Gasteiger partial charge in [0.15, 0.2) is 0 Å². The van der Waals surface area contributed by atoms with Gasteiger partial charge in [-0.25, -0.2) is 9.69 Å². The molecule has 23 heavy (non-hydrogen) atoms. The van der Waals surface area contributed by atoms with Crippen molar-refractivity contribution in [1.82, 2.24) is 5.48 Å². The van der Waals surface area contributed by atoms with Crippen LogP contribution in [-0.4, -0.2) is 15.3 Å². The zero-order valence-electron chi connectivity index (χ0n) is 12.2. The lowest BCUT2D eigenvalue weighted by Crippen LogP contribution is -2.14. The highest BCUT2D eigenvalue weighted by Gasteiger charge is 1.98. The lowest BCUT2D eigenvalue weighted by atomic mass is 10.2. The van der Waals surface area contributed by atoms with Gasteiger partial charge in [0.05, 0.1) is 0 Å². The monoisotopic (exact) mass is 328 g/mol. The zero-order valence-corrected chi connectivity index (χ0v) is 13.0. The van der Waals surface area contributed by atoms with Gasteiger partial charge in [-0.05, 0) is 35.4 Å². The van der Waals surface area contributed by atoms with Crippen molar-refractivity contribution < 1.29 is 14.2 Å². The molecule has 0 aliphatic heterocycles. The molecular weight excluding hydrogens is 312 g/mol. The summed E-state index contributed by atoms with van der Waals surface area (Å²) in [7, 11) is -1.37. The Bertz CT molecular complexity index is 743. The molecular formula is C17H16N2O3S. The summed E-state index contributed by atoms with van der Waals surface area (Å²) in [6.45, 7) is 0. The Morgan fingerprint density at radius 2 is 1.74 bits per heavy atom. The average molecular weight is 328 g/mol. The van der Waals surface area contributed by atoms with Crippen LogP contribution in [0.15, 0.2) is 66.1 Å². The van der Waals surface area contributed by atoms with Crippen LogP contribution in [0.4, 0.5) is 5.69 Å². The van der Waals surface area contributed by atoms with Gasteiger partial charge >= 0.3 is 0 Å². The van der Waals surface area contributed by atoms with Crippen LogP contribution in [0.25, 0.3) is 12.2 Å². The van der Waals surface area contributed by atoms with Crippen LogP contribution in [0.1, 0.15) is 11.1 Å². The fraction of sp³-hybridized carbons (Fsp3) is 0. The number of amides is 1. The topological polar surface area (TPSA) is 78.4 Å². The summed E-state index contributed by atoms with van der Waals surface area (Å²) in [6, 6.07) is 16.7. The number of anilines is 1. The second-order valence-corrected chi connectivity index (χ2v) is 5.62. The van der Waals surface area contributed by atoms with E-state index in [1.165, 1.54) is 11.6 Å². The highest BCUT2D eigenvalue weighted by atomic mass is 32.2. The third-order valence-electron chi connectivity index (χ3n) is 2.83. The van der Waals surface area contributed by atoms with Crippen LogP contribution >= 0.6 is 0 Å². The van der Waals surface area contributed by atoms with Crippen molar-refractivity contribution in [2.24, 2.45) is 0 Å². The zero-order chi connectivity index (χ0) is 16.5. The number of hydrogen-bond donors (Lipinski definition) is 3. The van der Waals surface area contributed by atoms with Crippen LogP contribution in [0.3, 0.4) is 0 Å². The molecule has 5 nitrogen and oxygen atoms in total. The minimum absolute atomic E-state index is 0.613. The van der Waals surface area contributed by atoms with E-state index < -0.39 is 16.9 Å². The molecule has 0 spiro atoms. The number of nitrogens with one attached hydrogen (secondary N) is 2. The Kier molecular flexibility index (Phi) is 6.28. The van der Waals surface area contributed by atoms with E-state index in [-0.39, 0.29) is 0 Å². The van der Waals surface area contributed by atoms with Crippen LogP contribution in [0.2, 0.25) is 0 Å². The maximum absolute atomic E-state index is 12.0. The lowest BCUT2D eigenvalue weighted by Gasteiger charge is -2.04. The highest BCUT2D eigenvalue weighted by Crippen LogP contribution is 2.13. The van der Waals surface area contributed by atoms with Gasteiger partial charge in [0, 0.05) is 17.2 Å². The van der Waals surface area contributed by atoms with E-state index in [1.807, 2.05) is 30.3 Å². The van der Waals surface area contributed by atoms with Gasteiger partial charge in [-0.15, -0.1) is 0 Å². The van der Waals surface area contributed by atoms with Crippen LogP contribution in [-0.2, 0) is 15.8 Å². The van der Waals surface area contributed by atoms with Gasteiger partial charge in [-0.1, -0.05) is 42.5 Å².